The fraction of sp³-hybridized carbons (Fsp3) is 0.556. The number of amides is 8. The molecule has 0 radical (unpaired) electrons. The number of rotatable bonds is 26. The van der Waals surface area contributed by atoms with Crippen molar-refractivity contribution < 1.29 is 68.4 Å². The van der Waals surface area contributed by atoms with Gasteiger partial charge in [-0.2, -0.15) is 0 Å². The van der Waals surface area contributed by atoms with Crippen LogP contribution in [0.1, 0.15) is 65.4 Å². The van der Waals surface area contributed by atoms with Crippen LogP contribution in [0.15, 0.2) is 24.3 Å². The summed E-state index contributed by atoms with van der Waals surface area (Å²) in [5.74, 6) is -10.3. The van der Waals surface area contributed by atoms with Crippen LogP contribution in [0, 0.1) is 5.92 Å². The van der Waals surface area contributed by atoms with Crippen molar-refractivity contribution in [2.24, 2.45) is 17.4 Å². The van der Waals surface area contributed by atoms with Crippen molar-refractivity contribution in [1.82, 2.24) is 37.2 Å². The standard InChI is InChI=1S/C36H55N9O14/c1-17(2)13-25(45-35(57)26(44-31(53)22(37)16-46)14-20-5-7-21(47)8-6-20)34(56)43-23(10-12-29(50)51)32(54)39-15-28(49)42-24(9-11-27(38)48)33(55)40-18(3)30(52)41-19(4)36(58)59/h5-8,17-19,22-26,46-47H,9-16,37H2,1-4H3,(H2,38,48)(H,39,54)(H,40,55)(H,41,52)(H,42,49)(H,43,56)(H,44,53)(H,45,57)(H,50,51)(H,58,59). The van der Waals surface area contributed by atoms with Crippen molar-refractivity contribution in [3.63, 3.8) is 0 Å². The van der Waals surface area contributed by atoms with Crippen LogP contribution < -0.4 is 48.7 Å². The van der Waals surface area contributed by atoms with E-state index in [0.29, 0.717) is 5.56 Å². The molecule has 0 aliphatic heterocycles. The number of aliphatic hydroxyl groups excluding tert-OH is 1. The minimum Gasteiger partial charge on any atom is -0.508 e. The van der Waals surface area contributed by atoms with Gasteiger partial charge in [0.2, 0.25) is 47.3 Å². The Labute approximate surface area is 339 Å². The van der Waals surface area contributed by atoms with Crippen LogP contribution in [-0.4, -0.2) is 135 Å². The molecule has 0 aliphatic rings. The van der Waals surface area contributed by atoms with Gasteiger partial charge in [0.25, 0.3) is 0 Å². The molecule has 1 rings (SSSR count). The van der Waals surface area contributed by atoms with E-state index in [1.54, 1.807) is 13.8 Å². The van der Waals surface area contributed by atoms with Gasteiger partial charge in [-0.15, -0.1) is 0 Å². The first kappa shape index (κ1) is 50.7. The van der Waals surface area contributed by atoms with Crippen LogP contribution in [0.25, 0.3) is 0 Å². The molecule has 1 aromatic carbocycles. The van der Waals surface area contributed by atoms with Crippen LogP contribution >= 0.6 is 0 Å². The quantitative estimate of drug-likeness (QED) is 0.0419. The number of carbonyl (C=O) groups excluding carboxylic acids is 8. The second-order valence-corrected chi connectivity index (χ2v) is 14.0. The van der Waals surface area contributed by atoms with Gasteiger partial charge >= 0.3 is 11.9 Å². The Hall–Kier alpha value is -6.36. The average Bonchev–Trinajstić information content (AvgIpc) is 3.16. The summed E-state index contributed by atoms with van der Waals surface area (Å²) in [7, 11) is 0. The third-order valence-electron chi connectivity index (χ3n) is 8.40. The number of carboxylic acids is 2. The molecule has 23 nitrogen and oxygen atoms in total. The van der Waals surface area contributed by atoms with Crippen molar-refractivity contribution in [3.05, 3.63) is 29.8 Å². The van der Waals surface area contributed by atoms with Gasteiger partial charge in [-0.1, -0.05) is 26.0 Å². The van der Waals surface area contributed by atoms with Crippen molar-refractivity contribution in [2.45, 2.75) is 109 Å². The Bertz CT molecular complexity index is 1670. The van der Waals surface area contributed by atoms with Gasteiger partial charge < -0.3 is 69.1 Å². The lowest BCUT2D eigenvalue weighted by Gasteiger charge is -2.26. The number of nitrogens with one attached hydrogen (secondary N) is 7. The Morgan fingerprint density at radius 3 is 1.68 bits per heavy atom. The molecular weight excluding hydrogens is 782 g/mol. The van der Waals surface area contributed by atoms with E-state index < -0.39 is 134 Å². The molecule has 0 aromatic heterocycles. The van der Waals surface area contributed by atoms with E-state index in [4.69, 9.17) is 16.6 Å². The molecule has 1 aromatic rings. The summed E-state index contributed by atoms with van der Waals surface area (Å²) in [5, 5.41) is 53.6. The maximum absolute atomic E-state index is 13.6. The molecule has 7 atom stereocenters. The zero-order valence-corrected chi connectivity index (χ0v) is 33.1. The Morgan fingerprint density at radius 2 is 1.14 bits per heavy atom. The highest BCUT2D eigenvalue weighted by molar-refractivity contribution is 5.97. The summed E-state index contributed by atoms with van der Waals surface area (Å²) >= 11 is 0. The average molecular weight is 838 g/mol. The SMILES string of the molecule is CC(C)CC(NC(=O)C(Cc1ccc(O)cc1)NC(=O)C(N)CO)C(=O)NC(CCC(=O)O)C(=O)NCC(=O)NC(CCC(N)=O)C(=O)NC(C)C(=O)NC(C)C(=O)O. The first-order chi connectivity index (χ1) is 27.5. The fourth-order valence-electron chi connectivity index (χ4n) is 5.09. The minimum atomic E-state index is -1.57. The van der Waals surface area contributed by atoms with Crippen LogP contribution in [0.2, 0.25) is 0 Å². The number of phenolic OH excluding ortho intramolecular Hbond substituents is 1. The lowest BCUT2D eigenvalue weighted by atomic mass is 10.00. The van der Waals surface area contributed by atoms with Crippen molar-refractivity contribution in [3.8, 4) is 5.75 Å². The van der Waals surface area contributed by atoms with Crippen LogP contribution in [0.4, 0.5) is 0 Å². The van der Waals surface area contributed by atoms with Crippen LogP contribution in [-0.2, 0) is 54.4 Å². The fourth-order valence-corrected chi connectivity index (χ4v) is 5.09. The monoisotopic (exact) mass is 837 g/mol. The van der Waals surface area contributed by atoms with E-state index in [2.05, 4.69) is 37.2 Å². The minimum absolute atomic E-state index is 0.00308. The van der Waals surface area contributed by atoms with E-state index in [9.17, 15) is 63.3 Å². The van der Waals surface area contributed by atoms with E-state index in [1.165, 1.54) is 38.1 Å². The molecule has 0 bridgehead atoms. The Kier molecular flexibility index (Phi) is 21.5. The molecule has 0 fully saturated rings. The highest BCUT2D eigenvalue weighted by Crippen LogP contribution is 2.13. The predicted molar refractivity (Wildman–Crippen MR) is 205 cm³/mol. The molecule has 328 valence electrons. The molecule has 8 amide bonds. The van der Waals surface area contributed by atoms with E-state index in [-0.39, 0.29) is 30.9 Å². The molecular formula is C36H55N9O14. The number of nitrogens with two attached hydrogens (primary N) is 2. The highest BCUT2D eigenvalue weighted by Gasteiger charge is 2.32. The Morgan fingerprint density at radius 1 is 0.627 bits per heavy atom. The third kappa shape index (κ3) is 19.6. The summed E-state index contributed by atoms with van der Waals surface area (Å²) in [6.07, 6.45) is -1.96. The van der Waals surface area contributed by atoms with Crippen molar-refractivity contribution in [2.75, 3.05) is 13.2 Å². The molecule has 0 spiro atoms. The maximum atomic E-state index is 13.6. The molecule has 0 saturated heterocycles. The summed E-state index contributed by atoms with van der Waals surface area (Å²) in [6.45, 7) is 4.31. The van der Waals surface area contributed by atoms with Crippen LogP contribution in [0.3, 0.4) is 0 Å². The van der Waals surface area contributed by atoms with Gasteiger partial charge in [-0.05, 0) is 56.7 Å². The highest BCUT2D eigenvalue weighted by atomic mass is 16.4. The largest absolute Gasteiger partial charge is 0.508 e. The number of primary amides is 1. The van der Waals surface area contributed by atoms with Crippen LogP contribution in [0.5, 0.6) is 5.75 Å². The number of aliphatic hydroxyl groups is 1. The summed E-state index contributed by atoms with van der Waals surface area (Å²) in [5.41, 5.74) is 11.3. The van der Waals surface area contributed by atoms with Crippen molar-refractivity contribution in [1.29, 1.82) is 0 Å². The smallest absolute Gasteiger partial charge is 0.325 e. The van der Waals surface area contributed by atoms with Gasteiger partial charge in [-0.25, -0.2) is 0 Å². The molecule has 0 heterocycles. The lowest BCUT2D eigenvalue weighted by Crippen LogP contribution is -2.59. The van der Waals surface area contributed by atoms with Gasteiger partial charge in [0.05, 0.1) is 13.2 Å². The number of phenols is 1. The maximum Gasteiger partial charge on any atom is 0.325 e. The Balaban J connectivity index is 3.17. The second kappa shape index (κ2) is 25.1. The molecule has 23 heteroatoms. The second-order valence-electron chi connectivity index (χ2n) is 14.0. The topological polar surface area (TPSA) is 388 Å². The number of carboxylic acid groups (broad SMARTS) is 2. The number of carbonyl (C=O) groups is 10. The first-order valence-corrected chi connectivity index (χ1v) is 18.5. The predicted octanol–water partition coefficient (Wildman–Crippen LogP) is -4.42. The van der Waals surface area contributed by atoms with Gasteiger partial charge in [-0.3, -0.25) is 47.9 Å². The molecule has 0 aliphatic carbocycles. The van der Waals surface area contributed by atoms with E-state index in [0.717, 1.165) is 0 Å². The summed E-state index contributed by atoms with van der Waals surface area (Å²) in [6, 6.07) is -4.01. The molecule has 59 heavy (non-hydrogen) atoms. The molecule has 7 unspecified atom stereocenters. The lowest BCUT2D eigenvalue weighted by molar-refractivity contribution is -0.141. The van der Waals surface area contributed by atoms with Gasteiger partial charge in [0.15, 0.2) is 0 Å². The number of aromatic hydroxyl groups is 1. The summed E-state index contributed by atoms with van der Waals surface area (Å²) < 4.78 is 0. The van der Waals surface area contributed by atoms with Gasteiger partial charge in [0, 0.05) is 19.3 Å². The zero-order chi connectivity index (χ0) is 45.0. The normalized spacial score (nSPS) is 14.4. The third-order valence-corrected chi connectivity index (χ3v) is 8.40. The summed E-state index contributed by atoms with van der Waals surface area (Å²) in [4.78, 5) is 125. The van der Waals surface area contributed by atoms with Gasteiger partial charge in [0.1, 0.15) is 48.0 Å². The van der Waals surface area contributed by atoms with E-state index >= 15 is 0 Å². The number of aliphatic carboxylic acids is 2. The molecule has 15 N–H and O–H groups in total. The number of benzene rings is 1. The number of hydrogen-bond acceptors (Lipinski definition) is 13. The molecule has 0 saturated carbocycles. The zero-order valence-electron chi connectivity index (χ0n) is 33.1. The number of hydrogen-bond donors (Lipinski definition) is 13. The first-order valence-electron chi connectivity index (χ1n) is 18.5. The van der Waals surface area contributed by atoms with Crippen molar-refractivity contribution >= 4 is 59.2 Å². The van der Waals surface area contributed by atoms with E-state index in [1.807, 2.05) is 0 Å².